The molecule has 4 N–H and O–H groups in total. The van der Waals surface area contributed by atoms with Gasteiger partial charge in [-0.15, -0.1) is 0 Å². The van der Waals surface area contributed by atoms with E-state index in [2.05, 4.69) is 58.6 Å². The molecule has 1 aliphatic heterocycles. The summed E-state index contributed by atoms with van der Waals surface area (Å²) in [5.41, 5.74) is 8.36. The van der Waals surface area contributed by atoms with Crippen LogP contribution in [0.15, 0.2) is 29.3 Å². The van der Waals surface area contributed by atoms with Crippen molar-refractivity contribution in [3.63, 3.8) is 0 Å². The molecule has 1 amide bonds. The average Bonchev–Trinajstić information content (AvgIpc) is 3.22. The van der Waals surface area contributed by atoms with E-state index in [1.54, 1.807) is 0 Å². The quantitative estimate of drug-likeness (QED) is 0.474. The summed E-state index contributed by atoms with van der Waals surface area (Å²) in [6.45, 7) is 7.55. The lowest BCUT2D eigenvalue weighted by Crippen LogP contribution is -2.51. The van der Waals surface area contributed by atoms with E-state index in [4.69, 9.17) is 5.73 Å². The number of amides is 1. The Morgan fingerprint density at radius 1 is 1.20 bits per heavy atom. The van der Waals surface area contributed by atoms with Crippen LogP contribution >= 0.6 is 0 Å². The molecule has 0 bridgehead atoms. The summed E-state index contributed by atoms with van der Waals surface area (Å²) in [5.74, 6) is 1.20. The van der Waals surface area contributed by atoms with E-state index in [-0.39, 0.29) is 11.3 Å². The molecule has 3 rings (SSSR count). The molecular formula is C24H39N5O. The third-order valence-electron chi connectivity index (χ3n) is 6.88. The predicted molar refractivity (Wildman–Crippen MR) is 124 cm³/mol. The molecule has 2 aliphatic rings. The zero-order valence-corrected chi connectivity index (χ0v) is 18.9. The number of nitrogens with two attached hydrogens (primary N) is 1. The summed E-state index contributed by atoms with van der Waals surface area (Å²) < 4.78 is 0. The lowest BCUT2D eigenvalue weighted by Gasteiger charge is -2.34. The van der Waals surface area contributed by atoms with Crippen LogP contribution in [-0.4, -0.2) is 56.0 Å². The van der Waals surface area contributed by atoms with E-state index in [0.717, 1.165) is 38.4 Å². The van der Waals surface area contributed by atoms with Crippen molar-refractivity contribution in [1.29, 1.82) is 0 Å². The van der Waals surface area contributed by atoms with E-state index >= 15 is 0 Å². The Morgan fingerprint density at radius 3 is 2.37 bits per heavy atom. The maximum atomic E-state index is 11.1. The van der Waals surface area contributed by atoms with Gasteiger partial charge < -0.3 is 16.4 Å². The van der Waals surface area contributed by atoms with Crippen LogP contribution in [0.4, 0.5) is 0 Å². The SMILES string of the molecule is CN=C(NCC1(c2ccc(C(C)C)cc2)CCCC1)NC1CCN(CC(N)=O)CC1. The Kier molecular flexibility index (Phi) is 7.75. The first kappa shape index (κ1) is 22.6. The van der Waals surface area contributed by atoms with Crippen LogP contribution in [-0.2, 0) is 10.2 Å². The average molecular weight is 414 g/mol. The van der Waals surface area contributed by atoms with E-state index in [1.165, 1.54) is 36.8 Å². The van der Waals surface area contributed by atoms with Crippen LogP contribution in [0.2, 0.25) is 0 Å². The molecule has 166 valence electrons. The molecule has 2 fully saturated rings. The molecule has 30 heavy (non-hydrogen) atoms. The number of nitrogens with one attached hydrogen (secondary N) is 2. The number of aliphatic imine (C=N–C) groups is 1. The zero-order chi connectivity index (χ0) is 21.6. The largest absolute Gasteiger partial charge is 0.369 e. The fourth-order valence-electron chi connectivity index (χ4n) is 4.94. The maximum absolute atomic E-state index is 11.1. The minimum atomic E-state index is -0.248. The number of likely N-dealkylation sites (tertiary alicyclic amines) is 1. The van der Waals surface area contributed by atoms with Gasteiger partial charge in [-0.05, 0) is 42.7 Å². The van der Waals surface area contributed by atoms with Crippen LogP contribution in [0.1, 0.15) is 69.4 Å². The van der Waals surface area contributed by atoms with Gasteiger partial charge in [0, 0.05) is 38.1 Å². The highest BCUT2D eigenvalue weighted by Gasteiger charge is 2.36. The Labute approximate surface area is 181 Å². The molecule has 1 saturated heterocycles. The molecule has 6 nitrogen and oxygen atoms in total. The smallest absolute Gasteiger partial charge is 0.231 e. The summed E-state index contributed by atoms with van der Waals surface area (Å²) >= 11 is 0. The lowest BCUT2D eigenvalue weighted by molar-refractivity contribution is -0.119. The van der Waals surface area contributed by atoms with Gasteiger partial charge in [0.05, 0.1) is 6.54 Å². The number of carbonyl (C=O) groups is 1. The van der Waals surface area contributed by atoms with Crippen molar-refractivity contribution in [1.82, 2.24) is 15.5 Å². The van der Waals surface area contributed by atoms with Gasteiger partial charge >= 0.3 is 0 Å². The van der Waals surface area contributed by atoms with Crippen LogP contribution in [0.3, 0.4) is 0 Å². The second-order valence-corrected chi connectivity index (χ2v) is 9.35. The van der Waals surface area contributed by atoms with Gasteiger partial charge in [-0.3, -0.25) is 14.7 Å². The van der Waals surface area contributed by atoms with Crippen LogP contribution in [0.5, 0.6) is 0 Å². The van der Waals surface area contributed by atoms with Gasteiger partial charge in [0.15, 0.2) is 5.96 Å². The second-order valence-electron chi connectivity index (χ2n) is 9.35. The minimum Gasteiger partial charge on any atom is -0.369 e. The van der Waals surface area contributed by atoms with Crippen molar-refractivity contribution in [3.8, 4) is 0 Å². The normalized spacial score (nSPS) is 20.5. The number of hydrogen-bond acceptors (Lipinski definition) is 3. The molecule has 0 atom stereocenters. The van der Waals surface area contributed by atoms with E-state index in [0.29, 0.717) is 18.5 Å². The molecule has 6 heteroatoms. The first-order valence-electron chi connectivity index (χ1n) is 11.5. The molecule has 1 aromatic carbocycles. The molecule has 0 radical (unpaired) electrons. The number of piperidine rings is 1. The monoisotopic (exact) mass is 413 g/mol. The Morgan fingerprint density at radius 2 is 1.83 bits per heavy atom. The number of benzene rings is 1. The maximum Gasteiger partial charge on any atom is 0.231 e. The van der Waals surface area contributed by atoms with E-state index in [9.17, 15) is 4.79 Å². The minimum absolute atomic E-state index is 0.192. The van der Waals surface area contributed by atoms with Gasteiger partial charge in [-0.1, -0.05) is 51.0 Å². The van der Waals surface area contributed by atoms with Crippen molar-refractivity contribution >= 4 is 11.9 Å². The number of carbonyl (C=O) groups excluding carboxylic acids is 1. The summed E-state index contributed by atoms with van der Waals surface area (Å²) in [7, 11) is 1.84. The summed E-state index contributed by atoms with van der Waals surface area (Å²) in [5, 5.41) is 7.22. The number of nitrogens with zero attached hydrogens (tertiary/aromatic N) is 2. The fraction of sp³-hybridized carbons (Fsp3) is 0.667. The van der Waals surface area contributed by atoms with Gasteiger partial charge in [-0.2, -0.15) is 0 Å². The molecule has 1 heterocycles. The lowest BCUT2D eigenvalue weighted by atomic mass is 9.78. The molecule has 1 aliphatic carbocycles. The first-order chi connectivity index (χ1) is 14.4. The summed E-state index contributed by atoms with van der Waals surface area (Å²) in [6, 6.07) is 9.66. The molecule has 0 unspecified atom stereocenters. The van der Waals surface area contributed by atoms with Crippen molar-refractivity contribution < 1.29 is 4.79 Å². The van der Waals surface area contributed by atoms with Crippen molar-refractivity contribution in [2.45, 2.75) is 69.7 Å². The molecular weight excluding hydrogens is 374 g/mol. The molecule has 0 spiro atoms. The molecule has 0 aromatic heterocycles. The Bertz CT molecular complexity index is 714. The van der Waals surface area contributed by atoms with Gasteiger partial charge in [0.25, 0.3) is 0 Å². The highest BCUT2D eigenvalue weighted by atomic mass is 16.1. The van der Waals surface area contributed by atoms with Crippen molar-refractivity contribution in [2.75, 3.05) is 33.2 Å². The van der Waals surface area contributed by atoms with Crippen LogP contribution in [0.25, 0.3) is 0 Å². The van der Waals surface area contributed by atoms with E-state index in [1.807, 2.05) is 7.05 Å². The third-order valence-corrected chi connectivity index (χ3v) is 6.88. The zero-order valence-electron chi connectivity index (χ0n) is 18.9. The highest BCUT2D eigenvalue weighted by Crippen LogP contribution is 2.41. The number of primary amides is 1. The van der Waals surface area contributed by atoms with Crippen LogP contribution in [0, 0.1) is 0 Å². The first-order valence-corrected chi connectivity index (χ1v) is 11.5. The van der Waals surface area contributed by atoms with Crippen molar-refractivity contribution in [2.24, 2.45) is 10.7 Å². The number of hydrogen-bond donors (Lipinski definition) is 3. The number of rotatable bonds is 7. The number of guanidine groups is 1. The molecule has 1 saturated carbocycles. The predicted octanol–water partition coefficient (Wildman–Crippen LogP) is 2.74. The van der Waals surface area contributed by atoms with Gasteiger partial charge in [0.2, 0.25) is 5.91 Å². The summed E-state index contributed by atoms with van der Waals surface area (Å²) in [4.78, 5) is 17.7. The summed E-state index contributed by atoms with van der Waals surface area (Å²) in [6.07, 6.45) is 7.02. The highest BCUT2D eigenvalue weighted by molar-refractivity contribution is 5.80. The Balaban J connectivity index is 1.56. The third kappa shape index (κ3) is 5.75. The van der Waals surface area contributed by atoms with Crippen LogP contribution < -0.4 is 16.4 Å². The van der Waals surface area contributed by atoms with E-state index < -0.39 is 0 Å². The Hall–Kier alpha value is -2.08. The van der Waals surface area contributed by atoms with Gasteiger partial charge in [0.1, 0.15) is 0 Å². The topological polar surface area (TPSA) is 82.8 Å². The van der Waals surface area contributed by atoms with Gasteiger partial charge in [-0.25, -0.2) is 0 Å². The standard InChI is InChI=1S/C24H39N5O/c1-18(2)19-6-8-20(9-7-19)24(12-4-5-13-24)17-27-23(26-3)28-21-10-14-29(15-11-21)16-22(25)30/h6-9,18,21H,4-5,10-17H2,1-3H3,(H2,25,30)(H2,26,27,28). The van der Waals surface area contributed by atoms with Crippen molar-refractivity contribution in [3.05, 3.63) is 35.4 Å². The second kappa shape index (κ2) is 10.3. The fourth-order valence-corrected chi connectivity index (χ4v) is 4.94. The molecule has 1 aromatic rings.